The Morgan fingerprint density at radius 2 is 1.81 bits per heavy atom. The van der Waals surface area contributed by atoms with Crippen molar-refractivity contribution in [3.05, 3.63) is 51.9 Å². The predicted octanol–water partition coefficient (Wildman–Crippen LogP) is 5.12. The Hall–Kier alpha value is -2.93. The minimum absolute atomic E-state index is 0.210. The van der Waals surface area contributed by atoms with E-state index in [0.717, 1.165) is 27.1 Å². The molecule has 0 aliphatic heterocycles. The van der Waals surface area contributed by atoms with E-state index in [9.17, 15) is 19.5 Å². The van der Waals surface area contributed by atoms with Crippen molar-refractivity contribution in [3.63, 3.8) is 0 Å². The number of rotatable bonds is 6. The largest absolute Gasteiger partial charge is 0.481 e. The zero-order valence-electron chi connectivity index (χ0n) is 18.2. The number of hydrogen-bond donors (Lipinski definition) is 2. The lowest BCUT2D eigenvalue weighted by Crippen LogP contribution is -2.34. The van der Waals surface area contributed by atoms with Crippen molar-refractivity contribution in [1.29, 1.82) is 0 Å². The van der Waals surface area contributed by atoms with Crippen molar-refractivity contribution < 1.29 is 24.2 Å². The van der Waals surface area contributed by atoms with Gasteiger partial charge in [0.15, 0.2) is 0 Å². The van der Waals surface area contributed by atoms with Crippen LogP contribution in [0.25, 0.3) is 11.1 Å². The van der Waals surface area contributed by atoms with Gasteiger partial charge in [0.2, 0.25) is 5.91 Å². The van der Waals surface area contributed by atoms with Crippen LogP contribution in [0.15, 0.2) is 30.4 Å². The first-order chi connectivity index (χ1) is 14.7. The van der Waals surface area contributed by atoms with Gasteiger partial charge in [-0.3, -0.25) is 9.59 Å². The summed E-state index contributed by atoms with van der Waals surface area (Å²) < 4.78 is 5.31. The highest BCUT2D eigenvalue weighted by Crippen LogP contribution is 2.42. The fraction of sp³-hybridized carbons (Fsp3) is 0.375. The topological polar surface area (TPSA) is 92.7 Å². The van der Waals surface area contributed by atoms with Crippen molar-refractivity contribution in [2.75, 3.05) is 11.9 Å². The lowest BCUT2D eigenvalue weighted by molar-refractivity contribution is -0.146. The second kappa shape index (κ2) is 9.47. The van der Waals surface area contributed by atoms with Crippen LogP contribution in [-0.4, -0.2) is 29.6 Å². The molecular formula is C24H27NO5S. The van der Waals surface area contributed by atoms with E-state index >= 15 is 0 Å². The molecule has 2 aromatic rings. The molecule has 1 aliphatic carbocycles. The van der Waals surface area contributed by atoms with Crippen LogP contribution >= 0.6 is 11.3 Å². The first-order valence-corrected chi connectivity index (χ1v) is 11.1. The first-order valence-electron chi connectivity index (χ1n) is 10.3. The number of carbonyl (C=O) groups excluding carboxylic acids is 2. The molecule has 2 N–H and O–H groups in total. The minimum Gasteiger partial charge on any atom is -0.481 e. The molecule has 164 valence electrons. The summed E-state index contributed by atoms with van der Waals surface area (Å²) in [7, 11) is 0. The molecule has 7 heteroatoms. The molecular weight excluding hydrogens is 414 g/mol. The molecule has 0 radical (unpaired) electrons. The number of ether oxygens (including phenoxy) is 1. The van der Waals surface area contributed by atoms with Crippen LogP contribution in [0.1, 0.15) is 46.1 Å². The van der Waals surface area contributed by atoms with Gasteiger partial charge in [0.1, 0.15) is 10.6 Å². The van der Waals surface area contributed by atoms with Crippen molar-refractivity contribution in [3.8, 4) is 11.1 Å². The molecule has 1 aliphatic rings. The van der Waals surface area contributed by atoms with Crippen LogP contribution in [-0.2, 0) is 14.3 Å². The number of aliphatic carboxylic acids is 1. The fourth-order valence-corrected chi connectivity index (χ4v) is 5.00. The fourth-order valence-electron chi connectivity index (χ4n) is 3.94. The third kappa shape index (κ3) is 4.71. The lowest BCUT2D eigenvalue weighted by atomic mass is 9.82. The lowest BCUT2D eigenvalue weighted by Gasteiger charge is -2.24. The average Bonchev–Trinajstić information content (AvgIpc) is 3.05. The molecule has 0 bridgehead atoms. The molecule has 1 aromatic carbocycles. The Balaban J connectivity index is 2.05. The Labute approximate surface area is 185 Å². The molecule has 1 aromatic heterocycles. The van der Waals surface area contributed by atoms with E-state index in [2.05, 4.69) is 5.32 Å². The highest BCUT2D eigenvalue weighted by atomic mass is 32.1. The molecule has 31 heavy (non-hydrogen) atoms. The van der Waals surface area contributed by atoms with E-state index in [1.54, 1.807) is 13.0 Å². The number of carbonyl (C=O) groups is 3. The highest BCUT2D eigenvalue weighted by Gasteiger charge is 2.35. The molecule has 1 amide bonds. The van der Waals surface area contributed by atoms with Gasteiger partial charge in [-0.1, -0.05) is 35.9 Å². The van der Waals surface area contributed by atoms with E-state index in [1.165, 1.54) is 11.3 Å². The molecule has 6 nitrogen and oxygen atoms in total. The number of hydrogen-bond acceptors (Lipinski definition) is 5. The van der Waals surface area contributed by atoms with Gasteiger partial charge >= 0.3 is 11.9 Å². The summed E-state index contributed by atoms with van der Waals surface area (Å²) in [6.07, 6.45) is 4.29. The number of esters is 1. The monoisotopic (exact) mass is 441 g/mol. The maximum Gasteiger partial charge on any atom is 0.341 e. The Morgan fingerprint density at radius 3 is 2.45 bits per heavy atom. The van der Waals surface area contributed by atoms with Crippen molar-refractivity contribution in [1.82, 2.24) is 0 Å². The number of carboxylic acids is 1. The summed E-state index contributed by atoms with van der Waals surface area (Å²) in [6.45, 7) is 7.81. The Morgan fingerprint density at radius 1 is 1.13 bits per heavy atom. The van der Waals surface area contributed by atoms with Gasteiger partial charge in [0, 0.05) is 10.4 Å². The van der Waals surface area contributed by atoms with Crippen LogP contribution in [0, 0.1) is 32.6 Å². The van der Waals surface area contributed by atoms with Gasteiger partial charge in [0.25, 0.3) is 0 Å². The summed E-state index contributed by atoms with van der Waals surface area (Å²) >= 11 is 1.31. The standard InChI is InChI=1S/C24H27NO5S/c1-5-30-24(29)20-19(18-12-13(2)10-11-14(18)3)15(4)31-22(20)25-21(26)16-8-6-7-9-17(16)23(27)28/h6-7,10-12,16-17H,5,8-9H2,1-4H3,(H,25,26)(H,27,28)/t16-,17+/m0/s1. The van der Waals surface area contributed by atoms with Gasteiger partial charge in [-0.05, 0) is 51.7 Å². The van der Waals surface area contributed by atoms with Crippen LogP contribution in [0.5, 0.6) is 0 Å². The van der Waals surface area contributed by atoms with Crippen LogP contribution < -0.4 is 5.32 Å². The number of aryl methyl sites for hydroxylation is 3. The number of benzene rings is 1. The quantitative estimate of drug-likeness (QED) is 0.479. The maximum atomic E-state index is 13.0. The van der Waals surface area contributed by atoms with Gasteiger partial charge in [-0.15, -0.1) is 11.3 Å². The Bertz CT molecular complexity index is 1050. The van der Waals surface area contributed by atoms with E-state index in [-0.39, 0.29) is 6.61 Å². The average molecular weight is 442 g/mol. The zero-order valence-corrected chi connectivity index (χ0v) is 19.0. The number of thiophene rings is 1. The summed E-state index contributed by atoms with van der Waals surface area (Å²) in [5.74, 6) is -3.36. The second-order valence-electron chi connectivity index (χ2n) is 7.76. The van der Waals surface area contributed by atoms with E-state index < -0.39 is 29.7 Å². The SMILES string of the molecule is CCOC(=O)c1c(NC(=O)[C@H]2CC=CC[C@H]2C(=O)O)sc(C)c1-c1cc(C)ccc1C. The van der Waals surface area contributed by atoms with Crippen molar-refractivity contribution >= 4 is 34.2 Å². The van der Waals surface area contributed by atoms with Gasteiger partial charge < -0.3 is 15.2 Å². The summed E-state index contributed by atoms with van der Waals surface area (Å²) in [4.78, 5) is 38.5. The first kappa shape index (κ1) is 22.7. The maximum absolute atomic E-state index is 13.0. The molecule has 0 spiro atoms. The predicted molar refractivity (Wildman–Crippen MR) is 122 cm³/mol. The number of nitrogens with one attached hydrogen (secondary N) is 1. The zero-order chi connectivity index (χ0) is 22.7. The van der Waals surface area contributed by atoms with Crippen LogP contribution in [0.3, 0.4) is 0 Å². The number of allylic oxidation sites excluding steroid dienone is 2. The third-order valence-corrected chi connectivity index (χ3v) is 6.57. The van der Waals surface area contributed by atoms with E-state index in [1.807, 2.05) is 45.0 Å². The Kier molecular flexibility index (Phi) is 6.95. The third-order valence-electron chi connectivity index (χ3n) is 5.55. The summed E-state index contributed by atoms with van der Waals surface area (Å²) in [5.41, 5.74) is 4.06. The molecule has 0 saturated carbocycles. The number of anilines is 1. The molecule has 0 saturated heterocycles. The summed E-state index contributed by atoms with van der Waals surface area (Å²) in [5, 5.41) is 12.8. The van der Waals surface area contributed by atoms with Gasteiger partial charge in [-0.25, -0.2) is 4.79 Å². The van der Waals surface area contributed by atoms with Gasteiger partial charge in [-0.2, -0.15) is 0 Å². The molecule has 0 unspecified atom stereocenters. The van der Waals surface area contributed by atoms with Crippen LogP contribution in [0.4, 0.5) is 5.00 Å². The minimum atomic E-state index is -0.992. The second-order valence-corrected chi connectivity index (χ2v) is 8.98. The van der Waals surface area contributed by atoms with Crippen LogP contribution in [0.2, 0.25) is 0 Å². The van der Waals surface area contributed by atoms with Crippen molar-refractivity contribution in [2.24, 2.45) is 11.8 Å². The molecule has 0 fully saturated rings. The van der Waals surface area contributed by atoms with E-state index in [0.29, 0.717) is 23.4 Å². The molecule has 2 atom stereocenters. The van der Waals surface area contributed by atoms with Gasteiger partial charge in [0.05, 0.1) is 18.4 Å². The number of carboxylic acid groups (broad SMARTS) is 1. The van der Waals surface area contributed by atoms with E-state index in [4.69, 9.17) is 4.74 Å². The van der Waals surface area contributed by atoms with Crippen molar-refractivity contribution in [2.45, 2.75) is 40.5 Å². The molecule has 1 heterocycles. The smallest absolute Gasteiger partial charge is 0.341 e. The normalized spacial score (nSPS) is 17.9. The summed E-state index contributed by atoms with van der Waals surface area (Å²) in [6, 6.07) is 6.03. The molecule has 3 rings (SSSR count). The number of amides is 1. The highest BCUT2D eigenvalue weighted by molar-refractivity contribution is 7.17.